The van der Waals surface area contributed by atoms with E-state index in [9.17, 15) is 0 Å². The topological polar surface area (TPSA) is 51.2 Å². The summed E-state index contributed by atoms with van der Waals surface area (Å²) in [5.74, 6) is 0. The average Bonchev–Trinajstić information content (AvgIpc) is 2.55. The van der Waals surface area contributed by atoms with E-state index in [-0.39, 0.29) is 12.6 Å². The molecule has 3 nitrogen and oxygen atoms in total. The summed E-state index contributed by atoms with van der Waals surface area (Å²) in [6.45, 7) is 4.94. The first-order valence-electron chi connectivity index (χ1n) is 6.08. The molecule has 2 rings (SSSR count). The van der Waals surface area contributed by atoms with E-state index < -0.39 is 0 Å². The highest BCUT2D eigenvalue weighted by atomic mass is 16.3. The second kappa shape index (κ2) is 4.90. The summed E-state index contributed by atoms with van der Waals surface area (Å²) >= 11 is 0. The highest BCUT2D eigenvalue weighted by molar-refractivity contribution is 5.85. The summed E-state index contributed by atoms with van der Waals surface area (Å²) < 4.78 is 2.17. The number of aromatic nitrogens is 1. The van der Waals surface area contributed by atoms with Crippen molar-refractivity contribution >= 4 is 10.9 Å². The molecule has 1 aromatic carbocycles. The van der Waals surface area contributed by atoms with Gasteiger partial charge in [0, 0.05) is 29.2 Å². The first-order chi connectivity index (χ1) is 8.15. The highest BCUT2D eigenvalue weighted by Gasteiger charge is 2.13. The minimum absolute atomic E-state index is 0.155. The Morgan fingerprint density at radius 2 is 2.06 bits per heavy atom. The van der Waals surface area contributed by atoms with Crippen LogP contribution < -0.4 is 5.73 Å². The van der Waals surface area contributed by atoms with Crippen LogP contribution in [-0.4, -0.2) is 22.3 Å². The Labute approximate surface area is 102 Å². The molecule has 3 N–H and O–H groups in total. The molecule has 0 spiro atoms. The molecule has 0 aliphatic rings. The van der Waals surface area contributed by atoms with E-state index in [0.29, 0.717) is 6.54 Å². The lowest BCUT2D eigenvalue weighted by molar-refractivity contribution is 0.277. The molecule has 0 radical (unpaired) electrons. The van der Waals surface area contributed by atoms with Crippen LogP contribution in [0.25, 0.3) is 10.9 Å². The van der Waals surface area contributed by atoms with Crippen molar-refractivity contribution in [3.8, 4) is 0 Å². The number of aliphatic hydroxyl groups is 1. The van der Waals surface area contributed by atoms with Crippen LogP contribution in [0.15, 0.2) is 24.3 Å². The van der Waals surface area contributed by atoms with Gasteiger partial charge in [-0.25, -0.2) is 0 Å². The maximum Gasteiger partial charge on any atom is 0.0610 e. The lowest BCUT2D eigenvalue weighted by Gasteiger charge is -2.07. The van der Waals surface area contributed by atoms with Crippen LogP contribution in [0.2, 0.25) is 0 Å². The predicted molar refractivity (Wildman–Crippen MR) is 71.1 cm³/mol. The molecule has 1 aromatic heterocycles. The average molecular weight is 232 g/mol. The van der Waals surface area contributed by atoms with Gasteiger partial charge in [0.1, 0.15) is 0 Å². The van der Waals surface area contributed by atoms with E-state index in [1.165, 1.54) is 22.2 Å². The third-order valence-electron chi connectivity index (χ3n) is 3.21. The zero-order valence-electron chi connectivity index (χ0n) is 10.5. The van der Waals surface area contributed by atoms with Crippen LogP contribution in [0.3, 0.4) is 0 Å². The van der Waals surface area contributed by atoms with E-state index in [4.69, 9.17) is 10.8 Å². The molecule has 0 fully saturated rings. The Hall–Kier alpha value is -1.32. The first kappa shape index (κ1) is 12.1. The quantitative estimate of drug-likeness (QED) is 0.845. The third-order valence-corrected chi connectivity index (χ3v) is 3.21. The largest absolute Gasteiger partial charge is 0.395 e. The summed E-state index contributed by atoms with van der Waals surface area (Å²) in [6, 6.07) is 8.47. The summed E-state index contributed by atoms with van der Waals surface area (Å²) in [5.41, 5.74) is 9.63. The van der Waals surface area contributed by atoms with Gasteiger partial charge in [-0.15, -0.1) is 0 Å². The van der Waals surface area contributed by atoms with Crippen LogP contribution in [0, 0.1) is 6.92 Å². The summed E-state index contributed by atoms with van der Waals surface area (Å²) in [6.07, 6.45) is 0.880. The molecule has 17 heavy (non-hydrogen) atoms. The molecule has 0 aliphatic heterocycles. The van der Waals surface area contributed by atoms with Gasteiger partial charge in [-0.05, 0) is 31.9 Å². The predicted octanol–water partition coefficient (Wildman–Crippen LogP) is 1.83. The van der Waals surface area contributed by atoms with Gasteiger partial charge in [0.05, 0.1) is 6.61 Å². The van der Waals surface area contributed by atoms with Crippen molar-refractivity contribution in [2.24, 2.45) is 5.73 Å². The molecule has 0 aliphatic carbocycles. The fraction of sp³-hybridized carbons (Fsp3) is 0.429. The van der Waals surface area contributed by atoms with Crippen LogP contribution in [0.5, 0.6) is 0 Å². The molecule has 0 bridgehead atoms. The smallest absolute Gasteiger partial charge is 0.0610 e. The van der Waals surface area contributed by atoms with Gasteiger partial charge < -0.3 is 15.4 Å². The Kier molecular flexibility index (Phi) is 3.50. The molecule has 0 saturated carbocycles. The van der Waals surface area contributed by atoms with Crippen LogP contribution >= 0.6 is 0 Å². The molecule has 1 atom stereocenters. The van der Waals surface area contributed by atoms with E-state index in [2.05, 4.69) is 29.7 Å². The molecule has 92 valence electrons. The monoisotopic (exact) mass is 232 g/mol. The van der Waals surface area contributed by atoms with Gasteiger partial charge >= 0.3 is 0 Å². The Morgan fingerprint density at radius 1 is 1.35 bits per heavy atom. The Balaban J connectivity index is 2.61. The molecule has 3 heteroatoms. The second-order valence-corrected chi connectivity index (χ2v) is 4.64. The number of nitrogens with zero attached hydrogens (tertiary/aromatic N) is 1. The van der Waals surface area contributed by atoms with Crippen molar-refractivity contribution in [1.82, 2.24) is 4.57 Å². The lowest BCUT2D eigenvalue weighted by atomic mass is 10.0. The number of rotatable bonds is 4. The van der Waals surface area contributed by atoms with Gasteiger partial charge in [0.15, 0.2) is 0 Å². The highest BCUT2D eigenvalue weighted by Crippen LogP contribution is 2.26. The maximum absolute atomic E-state index is 9.15. The van der Waals surface area contributed by atoms with E-state index >= 15 is 0 Å². The van der Waals surface area contributed by atoms with Crippen LogP contribution in [0.1, 0.15) is 18.2 Å². The van der Waals surface area contributed by atoms with E-state index in [1.807, 2.05) is 13.0 Å². The van der Waals surface area contributed by atoms with Crippen molar-refractivity contribution < 1.29 is 5.11 Å². The number of hydrogen-bond acceptors (Lipinski definition) is 2. The number of fused-ring (bicyclic) bond motifs is 1. The SMILES string of the molecule is Cc1c(CC(C)N)c2ccccc2n1CCO. The van der Waals surface area contributed by atoms with Gasteiger partial charge in [-0.3, -0.25) is 0 Å². The minimum Gasteiger partial charge on any atom is -0.395 e. The van der Waals surface area contributed by atoms with Crippen molar-refractivity contribution in [3.63, 3.8) is 0 Å². The Morgan fingerprint density at radius 3 is 2.71 bits per heavy atom. The van der Waals surface area contributed by atoms with Gasteiger partial charge in [-0.2, -0.15) is 0 Å². The molecule has 2 aromatic rings. The van der Waals surface area contributed by atoms with Crippen molar-refractivity contribution in [2.75, 3.05) is 6.61 Å². The molecular formula is C14H20N2O. The van der Waals surface area contributed by atoms with Crippen LogP contribution in [-0.2, 0) is 13.0 Å². The molecule has 0 amide bonds. The van der Waals surface area contributed by atoms with Crippen molar-refractivity contribution in [2.45, 2.75) is 32.9 Å². The lowest BCUT2D eigenvalue weighted by Crippen LogP contribution is -2.18. The zero-order chi connectivity index (χ0) is 12.4. The number of para-hydroxylation sites is 1. The summed E-state index contributed by atoms with van der Waals surface area (Å²) in [4.78, 5) is 0. The van der Waals surface area contributed by atoms with Crippen molar-refractivity contribution in [1.29, 1.82) is 0 Å². The maximum atomic E-state index is 9.15. The minimum atomic E-state index is 0.155. The number of aliphatic hydroxyl groups excluding tert-OH is 1. The van der Waals surface area contributed by atoms with E-state index in [0.717, 1.165) is 6.42 Å². The Bertz CT molecular complexity index is 514. The number of hydrogen-bond donors (Lipinski definition) is 2. The van der Waals surface area contributed by atoms with E-state index in [1.54, 1.807) is 0 Å². The first-order valence-corrected chi connectivity index (χ1v) is 6.08. The fourth-order valence-corrected chi connectivity index (χ4v) is 2.47. The van der Waals surface area contributed by atoms with Gasteiger partial charge in [0.25, 0.3) is 0 Å². The van der Waals surface area contributed by atoms with Crippen molar-refractivity contribution in [3.05, 3.63) is 35.5 Å². The van der Waals surface area contributed by atoms with Gasteiger partial charge in [0.2, 0.25) is 0 Å². The second-order valence-electron chi connectivity index (χ2n) is 4.64. The van der Waals surface area contributed by atoms with Crippen LogP contribution in [0.4, 0.5) is 0 Å². The third kappa shape index (κ3) is 2.21. The molecule has 1 unspecified atom stereocenters. The molecule has 1 heterocycles. The van der Waals surface area contributed by atoms with Gasteiger partial charge in [-0.1, -0.05) is 18.2 Å². The molecular weight excluding hydrogens is 212 g/mol. The molecule has 0 saturated heterocycles. The number of benzene rings is 1. The standard InChI is InChI=1S/C14H20N2O/c1-10(15)9-13-11(2)16(7-8-17)14-6-4-3-5-12(13)14/h3-6,10,17H,7-9,15H2,1-2H3. The summed E-state index contributed by atoms with van der Waals surface area (Å²) in [7, 11) is 0. The zero-order valence-corrected chi connectivity index (χ0v) is 10.5. The fourth-order valence-electron chi connectivity index (χ4n) is 2.47. The summed E-state index contributed by atoms with van der Waals surface area (Å²) in [5, 5.41) is 10.4. The normalized spacial score (nSPS) is 13.2. The number of nitrogens with two attached hydrogens (primary N) is 1.